The molecule has 1 aliphatic carbocycles. The Hall–Kier alpha value is -1.46. The lowest BCUT2D eigenvalue weighted by Gasteiger charge is -2.52. The van der Waals surface area contributed by atoms with Crippen molar-refractivity contribution in [3.63, 3.8) is 0 Å². The molecule has 2 atom stereocenters. The molecule has 0 aromatic heterocycles. The van der Waals surface area contributed by atoms with E-state index in [-0.39, 0.29) is 17.9 Å². The second kappa shape index (κ2) is 8.70. The van der Waals surface area contributed by atoms with Crippen molar-refractivity contribution >= 4 is 20.1 Å². The fourth-order valence-corrected chi connectivity index (χ4v) is 7.54. The van der Waals surface area contributed by atoms with Crippen molar-refractivity contribution in [1.29, 1.82) is 0 Å². The normalized spacial score (nSPS) is 24.0. The zero-order valence-corrected chi connectivity index (χ0v) is 17.9. The molecular weight excluding hydrogens is 354 g/mol. The number of benzene rings is 1. The van der Waals surface area contributed by atoms with Crippen LogP contribution in [0.15, 0.2) is 30.3 Å². The van der Waals surface area contributed by atoms with Crippen LogP contribution in [0.1, 0.15) is 63.2 Å². The highest BCUT2D eigenvalue weighted by molar-refractivity contribution is 6.73. The quantitative estimate of drug-likeness (QED) is 0.375. The van der Waals surface area contributed by atoms with Crippen LogP contribution in [0, 0.1) is 5.92 Å². The Kier molecular flexibility index (Phi) is 6.53. The van der Waals surface area contributed by atoms with E-state index in [4.69, 9.17) is 4.43 Å². The molecule has 1 saturated carbocycles. The van der Waals surface area contributed by atoms with Gasteiger partial charge in [-0.2, -0.15) is 0 Å². The molecule has 2 aliphatic rings. The smallest absolute Gasteiger partial charge is 0.260 e. The molecule has 0 spiro atoms. The van der Waals surface area contributed by atoms with E-state index < -0.39 is 14.4 Å². The molecule has 1 aromatic carbocycles. The number of hydrogen-bond acceptors (Lipinski definition) is 3. The average molecular weight is 388 g/mol. The summed E-state index contributed by atoms with van der Waals surface area (Å²) in [6, 6.07) is 12.2. The van der Waals surface area contributed by atoms with Gasteiger partial charge in [-0.25, -0.2) is 0 Å². The molecule has 27 heavy (non-hydrogen) atoms. The highest BCUT2D eigenvalue weighted by Gasteiger charge is 2.56. The number of rotatable bonds is 7. The maximum atomic E-state index is 13.1. The van der Waals surface area contributed by atoms with Gasteiger partial charge < -0.3 is 4.43 Å². The van der Waals surface area contributed by atoms with E-state index in [1.165, 1.54) is 24.2 Å². The van der Waals surface area contributed by atoms with E-state index in [1.807, 2.05) is 18.2 Å². The van der Waals surface area contributed by atoms with Crippen molar-refractivity contribution in [2.45, 2.75) is 83.2 Å². The van der Waals surface area contributed by atoms with Crippen LogP contribution < -0.4 is 0 Å². The third-order valence-electron chi connectivity index (χ3n) is 6.77. The Bertz CT molecular complexity index is 645. The van der Waals surface area contributed by atoms with E-state index >= 15 is 0 Å². The summed E-state index contributed by atoms with van der Waals surface area (Å²) in [5, 5.41) is 0. The Morgan fingerprint density at radius 2 is 1.63 bits per heavy atom. The largest absolute Gasteiger partial charge is 0.403 e. The van der Waals surface area contributed by atoms with Crippen LogP contribution in [-0.4, -0.2) is 37.2 Å². The third-order valence-corrected chi connectivity index (χ3v) is 11.4. The van der Waals surface area contributed by atoms with Crippen LogP contribution in [-0.2, 0) is 9.22 Å². The Labute approximate surface area is 164 Å². The molecule has 2 fully saturated rings. The number of β-lactam (4-membered cyclic amide) rings is 1. The molecule has 0 unspecified atom stereocenters. The first-order chi connectivity index (χ1) is 13.1. The topological polar surface area (TPSA) is 46.6 Å². The first kappa shape index (κ1) is 20.3. The van der Waals surface area contributed by atoms with Crippen LogP contribution in [0.25, 0.3) is 0 Å². The number of amides is 2. The molecule has 0 N–H and O–H groups in total. The van der Waals surface area contributed by atoms with Gasteiger partial charge in [-0.1, -0.05) is 58.2 Å². The fourth-order valence-electron chi connectivity index (χ4n) is 4.76. The standard InChI is InChI=1S/C22H33NO3Si/c1-4-27(5-2,6-3)26-20-19(17-13-9-7-10-14-17)23(22(20)25)21(24)18-15-11-8-12-16-18/h8,11-12,15-17,19-20H,4-7,9-10,13-14H2,1-3H3/t19-,20+/m1/s1. The van der Waals surface area contributed by atoms with E-state index in [1.54, 1.807) is 12.1 Å². The number of carbonyl (C=O) groups is 2. The van der Waals surface area contributed by atoms with E-state index in [0.717, 1.165) is 31.0 Å². The SMILES string of the molecule is CC[Si](CC)(CC)O[C@@H]1C(=O)N(C(=O)c2ccccc2)[C@@H]1C1CCCCC1. The predicted molar refractivity (Wildman–Crippen MR) is 110 cm³/mol. The molecular formula is C22H33NO3Si. The van der Waals surface area contributed by atoms with Crippen molar-refractivity contribution in [2.75, 3.05) is 0 Å². The van der Waals surface area contributed by atoms with Gasteiger partial charge >= 0.3 is 0 Å². The van der Waals surface area contributed by atoms with Crippen LogP contribution >= 0.6 is 0 Å². The Morgan fingerprint density at radius 1 is 1.04 bits per heavy atom. The van der Waals surface area contributed by atoms with Crippen molar-refractivity contribution in [3.05, 3.63) is 35.9 Å². The van der Waals surface area contributed by atoms with E-state index in [2.05, 4.69) is 20.8 Å². The van der Waals surface area contributed by atoms with E-state index in [9.17, 15) is 9.59 Å². The maximum Gasteiger partial charge on any atom is 0.260 e. The first-order valence-electron chi connectivity index (χ1n) is 10.7. The Balaban J connectivity index is 1.85. The molecule has 3 rings (SSSR count). The number of carbonyl (C=O) groups excluding carboxylic acids is 2. The number of likely N-dealkylation sites (tertiary alicyclic amines) is 1. The summed E-state index contributed by atoms with van der Waals surface area (Å²) in [6.07, 6.45) is 5.41. The number of nitrogens with zero attached hydrogens (tertiary/aromatic N) is 1. The fraction of sp³-hybridized carbons (Fsp3) is 0.636. The lowest BCUT2D eigenvalue weighted by Crippen LogP contribution is -2.71. The van der Waals surface area contributed by atoms with Crippen LogP contribution in [0.5, 0.6) is 0 Å². The molecule has 4 nitrogen and oxygen atoms in total. The molecule has 2 amide bonds. The van der Waals surface area contributed by atoms with Gasteiger partial charge in [-0.05, 0) is 49.0 Å². The number of imide groups is 1. The number of hydrogen-bond donors (Lipinski definition) is 0. The summed E-state index contributed by atoms with van der Waals surface area (Å²) in [5.74, 6) is 0.103. The minimum Gasteiger partial charge on any atom is -0.403 e. The van der Waals surface area contributed by atoms with Crippen LogP contribution in [0.3, 0.4) is 0 Å². The van der Waals surface area contributed by atoms with E-state index in [0.29, 0.717) is 11.5 Å². The molecule has 1 aromatic rings. The Morgan fingerprint density at radius 3 is 2.19 bits per heavy atom. The first-order valence-corrected chi connectivity index (χ1v) is 13.2. The minimum atomic E-state index is -1.90. The van der Waals surface area contributed by atoms with Crippen LogP contribution in [0.2, 0.25) is 18.1 Å². The summed E-state index contributed by atoms with van der Waals surface area (Å²) in [7, 11) is -1.90. The molecule has 1 aliphatic heterocycles. The predicted octanol–water partition coefficient (Wildman–Crippen LogP) is 5.01. The monoisotopic (exact) mass is 387 g/mol. The van der Waals surface area contributed by atoms with Gasteiger partial charge in [0, 0.05) is 5.56 Å². The van der Waals surface area contributed by atoms with Gasteiger partial charge in [0.25, 0.3) is 11.8 Å². The summed E-state index contributed by atoms with van der Waals surface area (Å²) >= 11 is 0. The van der Waals surface area contributed by atoms with Crippen molar-refractivity contribution in [1.82, 2.24) is 4.90 Å². The second-order valence-electron chi connectivity index (χ2n) is 8.05. The lowest BCUT2D eigenvalue weighted by molar-refractivity contribution is -0.163. The summed E-state index contributed by atoms with van der Waals surface area (Å²) in [6.45, 7) is 6.56. The van der Waals surface area contributed by atoms with Gasteiger partial charge in [-0.3, -0.25) is 14.5 Å². The molecule has 0 bridgehead atoms. The van der Waals surface area contributed by atoms with Gasteiger partial charge in [0.2, 0.25) is 0 Å². The third kappa shape index (κ3) is 3.90. The van der Waals surface area contributed by atoms with Gasteiger partial charge in [0.05, 0.1) is 6.04 Å². The summed E-state index contributed by atoms with van der Waals surface area (Å²) in [4.78, 5) is 27.7. The molecule has 0 radical (unpaired) electrons. The van der Waals surface area contributed by atoms with Crippen molar-refractivity contribution in [3.8, 4) is 0 Å². The average Bonchev–Trinajstić information content (AvgIpc) is 2.74. The summed E-state index contributed by atoms with van der Waals surface area (Å²) < 4.78 is 6.61. The zero-order valence-electron chi connectivity index (χ0n) is 16.9. The summed E-state index contributed by atoms with van der Waals surface area (Å²) in [5.41, 5.74) is 0.593. The lowest BCUT2D eigenvalue weighted by atomic mass is 9.76. The van der Waals surface area contributed by atoms with Gasteiger partial charge in [0.1, 0.15) is 6.10 Å². The highest BCUT2D eigenvalue weighted by Crippen LogP contribution is 2.40. The molecule has 5 heteroatoms. The van der Waals surface area contributed by atoms with Gasteiger partial charge in [-0.15, -0.1) is 0 Å². The second-order valence-corrected chi connectivity index (χ2v) is 12.8. The maximum absolute atomic E-state index is 13.1. The molecule has 148 valence electrons. The van der Waals surface area contributed by atoms with Crippen LogP contribution in [0.4, 0.5) is 0 Å². The molecule has 1 saturated heterocycles. The minimum absolute atomic E-state index is 0.0815. The zero-order chi connectivity index (χ0) is 19.4. The van der Waals surface area contributed by atoms with Gasteiger partial charge in [0.15, 0.2) is 8.32 Å². The highest BCUT2D eigenvalue weighted by atomic mass is 28.4. The van der Waals surface area contributed by atoms with Crippen molar-refractivity contribution in [2.24, 2.45) is 5.92 Å². The van der Waals surface area contributed by atoms with Crippen molar-refractivity contribution < 1.29 is 14.0 Å². The molecule has 1 heterocycles.